The van der Waals surface area contributed by atoms with Crippen LogP contribution in [0.15, 0.2) is 36.4 Å². The Bertz CT molecular complexity index is 507. The minimum atomic E-state index is -0.0977. The first kappa shape index (κ1) is 17.7. The molecule has 23 heavy (non-hydrogen) atoms. The Labute approximate surface area is 140 Å². The van der Waals surface area contributed by atoms with E-state index in [0.717, 1.165) is 39.1 Å². The second-order valence-electron chi connectivity index (χ2n) is 6.58. The first-order valence-electron chi connectivity index (χ1n) is 8.78. The molecule has 0 radical (unpaired) electrons. The fraction of sp³-hybridized carbons (Fsp3) is 0.526. The smallest absolute Gasteiger partial charge is 0.281 e. The zero-order chi connectivity index (χ0) is 16.7. The molecule has 1 aromatic carbocycles. The molecule has 2 rings (SSSR count). The molecular weight excluding hydrogens is 286 g/mol. The van der Waals surface area contributed by atoms with Crippen molar-refractivity contribution in [2.24, 2.45) is 5.92 Å². The van der Waals surface area contributed by atoms with Crippen molar-refractivity contribution in [2.45, 2.75) is 26.3 Å². The summed E-state index contributed by atoms with van der Waals surface area (Å²) >= 11 is 0. The summed E-state index contributed by atoms with van der Waals surface area (Å²) in [5.41, 5.74) is 5.32. The highest BCUT2D eigenvalue weighted by molar-refractivity contribution is 5.80. The molecule has 0 saturated carbocycles. The van der Waals surface area contributed by atoms with Gasteiger partial charge < -0.3 is 15.5 Å². The second-order valence-corrected chi connectivity index (χ2v) is 6.58. The standard InChI is InChI=1S/C19H29N3O/c1-3-16(2)18(20)19(23)22-14-12-21(13-15-22)11-7-10-17-8-5-4-6-9-17/h4-10,16,18H,3,11-15,20H2,1-2H3/p+2/b10-7+/t16-,18-/m0/s1. The number of benzene rings is 1. The second kappa shape index (κ2) is 8.85. The lowest BCUT2D eigenvalue weighted by Crippen LogP contribution is -3.14. The molecule has 4 heteroatoms. The van der Waals surface area contributed by atoms with Crippen LogP contribution in [-0.2, 0) is 4.79 Å². The molecule has 0 aromatic heterocycles. The first-order chi connectivity index (χ1) is 11.1. The SMILES string of the molecule is CC[C@H](C)[C@H]([NH3+])C(=O)N1CC[NH+](C/C=C/c2ccccc2)CC1. The Morgan fingerprint density at radius 3 is 2.57 bits per heavy atom. The molecule has 1 fully saturated rings. The van der Waals surface area contributed by atoms with Gasteiger partial charge in [0, 0.05) is 5.92 Å². The molecule has 1 aliphatic heterocycles. The van der Waals surface area contributed by atoms with Gasteiger partial charge in [-0.25, -0.2) is 0 Å². The van der Waals surface area contributed by atoms with Crippen LogP contribution in [0, 0.1) is 5.92 Å². The maximum absolute atomic E-state index is 12.4. The van der Waals surface area contributed by atoms with E-state index in [9.17, 15) is 4.79 Å². The molecule has 0 spiro atoms. The van der Waals surface area contributed by atoms with Crippen molar-refractivity contribution in [1.29, 1.82) is 0 Å². The lowest BCUT2D eigenvalue weighted by molar-refractivity contribution is -0.898. The van der Waals surface area contributed by atoms with Crippen molar-refractivity contribution in [3.8, 4) is 0 Å². The third-order valence-corrected chi connectivity index (χ3v) is 4.95. The normalized spacial score (nSPS) is 19.0. The van der Waals surface area contributed by atoms with Crippen LogP contribution in [0.5, 0.6) is 0 Å². The van der Waals surface area contributed by atoms with Crippen LogP contribution in [0.4, 0.5) is 0 Å². The average Bonchev–Trinajstić information content (AvgIpc) is 2.61. The van der Waals surface area contributed by atoms with Gasteiger partial charge in [-0.3, -0.25) is 4.79 Å². The Balaban J connectivity index is 1.75. The first-order valence-corrected chi connectivity index (χ1v) is 8.78. The van der Waals surface area contributed by atoms with Gasteiger partial charge in [0.2, 0.25) is 0 Å². The number of hydrogen-bond acceptors (Lipinski definition) is 1. The van der Waals surface area contributed by atoms with Gasteiger partial charge in [0.1, 0.15) is 0 Å². The van der Waals surface area contributed by atoms with Gasteiger partial charge in [0.05, 0.1) is 32.7 Å². The Morgan fingerprint density at radius 1 is 1.30 bits per heavy atom. The van der Waals surface area contributed by atoms with E-state index in [2.05, 4.69) is 56.0 Å². The maximum atomic E-state index is 12.4. The van der Waals surface area contributed by atoms with Crippen LogP contribution in [0.1, 0.15) is 25.8 Å². The Morgan fingerprint density at radius 2 is 1.96 bits per heavy atom. The van der Waals surface area contributed by atoms with Crippen molar-refractivity contribution < 1.29 is 15.4 Å². The quantitative estimate of drug-likeness (QED) is 0.767. The summed E-state index contributed by atoms with van der Waals surface area (Å²) in [5, 5.41) is 0. The molecule has 126 valence electrons. The third-order valence-electron chi connectivity index (χ3n) is 4.95. The van der Waals surface area contributed by atoms with Crippen molar-refractivity contribution in [1.82, 2.24) is 4.90 Å². The molecule has 1 aromatic rings. The predicted octanol–water partition coefficient (Wildman–Crippen LogP) is 0.0835. The monoisotopic (exact) mass is 317 g/mol. The molecule has 0 aliphatic carbocycles. The van der Waals surface area contributed by atoms with Crippen LogP contribution in [0.2, 0.25) is 0 Å². The Kier molecular flexibility index (Phi) is 6.81. The van der Waals surface area contributed by atoms with E-state index in [1.54, 1.807) is 4.90 Å². The average molecular weight is 317 g/mol. The molecule has 0 unspecified atom stereocenters. The van der Waals surface area contributed by atoms with Gasteiger partial charge in [-0.1, -0.05) is 50.3 Å². The van der Waals surface area contributed by atoms with Gasteiger partial charge in [-0.15, -0.1) is 0 Å². The number of quaternary nitrogens is 2. The van der Waals surface area contributed by atoms with E-state index >= 15 is 0 Å². The fourth-order valence-corrected chi connectivity index (χ4v) is 2.94. The van der Waals surface area contributed by atoms with E-state index < -0.39 is 0 Å². The van der Waals surface area contributed by atoms with E-state index in [0.29, 0.717) is 5.92 Å². The highest BCUT2D eigenvalue weighted by atomic mass is 16.2. The van der Waals surface area contributed by atoms with E-state index in [1.807, 2.05) is 11.0 Å². The molecular formula is C19H31N3O+2. The molecule has 2 atom stereocenters. The summed E-state index contributed by atoms with van der Waals surface area (Å²) in [5.74, 6) is 0.597. The Hall–Kier alpha value is -1.65. The number of carbonyl (C=O) groups is 1. The lowest BCUT2D eigenvalue weighted by Gasteiger charge is -2.33. The van der Waals surface area contributed by atoms with Crippen LogP contribution < -0.4 is 10.6 Å². The third kappa shape index (κ3) is 5.19. The molecule has 4 N–H and O–H groups in total. The summed E-state index contributed by atoms with van der Waals surface area (Å²) in [7, 11) is 0. The van der Waals surface area contributed by atoms with Crippen LogP contribution >= 0.6 is 0 Å². The number of rotatable bonds is 6. The number of nitrogens with zero attached hydrogens (tertiary/aromatic N) is 1. The highest BCUT2D eigenvalue weighted by Gasteiger charge is 2.31. The van der Waals surface area contributed by atoms with Crippen molar-refractivity contribution in [3.05, 3.63) is 42.0 Å². The molecule has 4 nitrogen and oxygen atoms in total. The molecule has 0 bridgehead atoms. The number of amides is 1. The number of piperazine rings is 1. The van der Waals surface area contributed by atoms with Crippen LogP contribution in [0.3, 0.4) is 0 Å². The molecule has 1 amide bonds. The van der Waals surface area contributed by atoms with E-state index in [4.69, 9.17) is 0 Å². The summed E-state index contributed by atoms with van der Waals surface area (Å²) in [6.45, 7) is 9.03. The van der Waals surface area contributed by atoms with Crippen LogP contribution in [-0.4, -0.2) is 49.6 Å². The number of hydrogen-bond donors (Lipinski definition) is 2. The molecule has 1 saturated heterocycles. The summed E-state index contributed by atoms with van der Waals surface area (Å²) in [4.78, 5) is 16.0. The van der Waals surface area contributed by atoms with Crippen molar-refractivity contribution in [3.63, 3.8) is 0 Å². The number of nitrogens with one attached hydrogen (secondary N) is 1. The number of carbonyl (C=O) groups excluding carboxylic acids is 1. The van der Waals surface area contributed by atoms with Gasteiger partial charge in [0.15, 0.2) is 6.04 Å². The van der Waals surface area contributed by atoms with Gasteiger partial charge in [-0.2, -0.15) is 0 Å². The topological polar surface area (TPSA) is 52.4 Å². The summed E-state index contributed by atoms with van der Waals surface area (Å²) in [6.07, 6.45) is 5.43. The summed E-state index contributed by atoms with van der Waals surface area (Å²) < 4.78 is 0. The van der Waals surface area contributed by atoms with Gasteiger partial charge in [0.25, 0.3) is 5.91 Å². The van der Waals surface area contributed by atoms with Crippen molar-refractivity contribution in [2.75, 3.05) is 32.7 Å². The minimum Gasteiger partial charge on any atom is -0.347 e. The summed E-state index contributed by atoms with van der Waals surface area (Å²) in [6, 6.07) is 10.3. The van der Waals surface area contributed by atoms with E-state index in [-0.39, 0.29) is 11.9 Å². The minimum absolute atomic E-state index is 0.0977. The zero-order valence-electron chi connectivity index (χ0n) is 14.5. The fourth-order valence-electron chi connectivity index (χ4n) is 2.94. The predicted molar refractivity (Wildman–Crippen MR) is 93.8 cm³/mol. The van der Waals surface area contributed by atoms with E-state index in [1.165, 1.54) is 5.56 Å². The van der Waals surface area contributed by atoms with Crippen molar-refractivity contribution >= 4 is 12.0 Å². The maximum Gasteiger partial charge on any atom is 0.281 e. The zero-order valence-corrected chi connectivity index (χ0v) is 14.5. The molecule has 1 heterocycles. The van der Waals surface area contributed by atoms with Gasteiger partial charge >= 0.3 is 0 Å². The lowest BCUT2D eigenvalue weighted by atomic mass is 9.98. The largest absolute Gasteiger partial charge is 0.347 e. The van der Waals surface area contributed by atoms with Crippen LogP contribution in [0.25, 0.3) is 6.08 Å². The van der Waals surface area contributed by atoms with Gasteiger partial charge in [-0.05, 0) is 18.1 Å². The molecule has 1 aliphatic rings. The highest BCUT2D eigenvalue weighted by Crippen LogP contribution is 2.07.